The van der Waals surface area contributed by atoms with Crippen molar-refractivity contribution in [2.24, 2.45) is 0 Å². The minimum absolute atomic E-state index is 0.0589. The number of carbonyl (C=O) groups excluding carboxylic acids is 2. The van der Waals surface area contributed by atoms with Crippen LogP contribution in [0, 0.1) is 0 Å². The van der Waals surface area contributed by atoms with Gasteiger partial charge in [-0.05, 0) is 40.5 Å². The molecule has 0 spiro atoms. The van der Waals surface area contributed by atoms with Gasteiger partial charge in [0, 0.05) is 17.5 Å². The maximum atomic E-state index is 12.2. The number of aliphatic hydroxyl groups excluding tert-OH is 1. The first kappa shape index (κ1) is 24.3. The molecule has 1 aliphatic rings. The van der Waals surface area contributed by atoms with Crippen molar-refractivity contribution in [2.75, 3.05) is 18.5 Å². The number of fused-ring (bicyclic) bond motifs is 3. The molecule has 4 N–H and O–H groups in total. The summed E-state index contributed by atoms with van der Waals surface area (Å²) in [6.45, 7) is -0.0819. The zero-order valence-corrected chi connectivity index (χ0v) is 19.3. The van der Waals surface area contributed by atoms with Crippen molar-refractivity contribution in [1.29, 1.82) is 0 Å². The maximum absolute atomic E-state index is 12.2. The number of carbonyl (C=O) groups is 3. The highest BCUT2D eigenvalue weighted by molar-refractivity contribution is 6.31. The molecule has 0 bridgehead atoms. The van der Waals surface area contributed by atoms with E-state index in [2.05, 4.69) is 10.6 Å². The minimum atomic E-state index is -1.25. The second-order valence-electron chi connectivity index (χ2n) is 8.11. The lowest BCUT2D eigenvalue weighted by atomic mass is 9.98. The van der Waals surface area contributed by atoms with E-state index in [0.29, 0.717) is 0 Å². The highest BCUT2D eigenvalue weighted by Gasteiger charge is 2.29. The molecule has 180 valence electrons. The van der Waals surface area contributed by atoms with Crippen LogP contribution in [0.2, 0.25) is 5.02 Å². The lowest BCUT2D eigenvalue weighted by Gasteiger charge is -2.16. The van der Waals surface area contributed by atoms with Gasteiger partial charge in [-0.1, -0.05) is 60.1 Å². The van der Waals surface area contributed by atoms with Crippen LogP contribution in [0.3, 0.4) is 0 Å². The molecule has 35 heavy (non-hydrogen) atoms. The fourth-order valence-electron chi connectivity index (χ4n) is 4.14. The molecule has 2 amide bonds. The Bertz CT molecular complexity index is 1230. The number of alkyl carbamates (subject to hydrolysis) is 1. The van der Waals surface area contributed by atoms with Crippen LogP contribution >= 0.6 is 11.6 Å². The molecule has 9 heteroatoms. The topological polar surface area (TPSA) is 125 Å². The van der Waals surface area contributed by atoms with Crippen LogP contribution in [0.4, 0.5) is 10.5 Å². The van der Waals surface area contributed by atoms with Crippen LogP contribution in [0.25, 0.3) is 11.1 Å². The Hall–Kier alpha value is -3.88. The molecule has 0 aromatic heterocycles. The monoisotopic (exact) mass is 494 g/mol. The van der Waals surface area contributed by atoms with Gasteiger partial charge >= 0.3 is 12.1 Å². The Balaban J connectivity index is 1.27. The number of benzene rings is 3. The Labute approximate surface area is 206 Å². The molecule has 0 fully saturated rings. The van der Waals surface area contributed by atoms with Crippen LogP contribution < -0.4 is 10.6 Å². The Morgan fingerprint density at radius 3 is 2.23 bits per heavy atom. The molecule has 0 radical (unpaired) electrons. The second-order valence-corrected chi connectivity index (χ2v) is 8.54. The van der Waals surface area contributed by atoms with Gasteiger partial charge in [-0.3, -0.25) is 4.79 Å². The van der Waals surface area contributed by atoms with Gasteiger partial charge < -0.3 is 25.6 Å². The third-order valence-corrected chi connectivity index (χ3v) is 5.97. The molecule has 1 unspecified atom stereocenters. The summed E-state index contributed by atoms with van der Waals surface area (Å²) < 4.78 is 5.40. The first-order valence-electron chi connectivity index (χ1n) is 10.9. The van der Waals surface area contributed by atoms with Crippen LogP contribution in [0.1, 0.15) is 33.8 Å². The van der Waals surface area contributed by atoms with Crippen molar-refractivity contribution >= 4 is 35.3 Å². The van der Waals surface area contributed by atoms with Crippen molar-refractivity contribution in [1.82, 2.24) is 5.32 Å². The fourth-order valence-corrected chi connectivity index (χ4v) is 4.31. The first-order chi connectivity index (χ1) is 16.8. The van der Waals surface area contributed by atoms with Crippen molar-refractivity contribution in [2.45, 2.75) is 18.4 Å². The van der Waals surface area contributed by atoms with E-state index in [9.17, 15) is 24.6 Å². The predicted octanol–water partition coefficient (Wildman–Crippen LogP) is 4.27. The number of hydrogen-bond acceptors (Lipinski definition) is 5. The predicted molar refractivity (Wildman–Crippen MR) is 131 cm³/mol. The van der Waals surface area contributed by atoms with E-state index in [4.69, 9.17) is 16.3 Å². The zero-order chi connectivity index (χ0) is 24.9. The van der Waals surface area contributed by atoms with E-state index in [1.54, 1.807) is 0 Å². The number of amides is 2. The van der Waals surface area contributed by atoms with Crippen molar-refractivity contribution in [3.05, 3.63) is 88.4 Å². The lowest BCUT2D eigenvalue weighted by molar-refractivity contribution is -0.118. The smallest absolute Gasteiger partial charge is 0.407 e. The highest BCUT2D eigenvalue weighted by Crippen LogP contribution is 2.44. The van der Waals surface area contributed by atoms with Crippen molar-refractivity contribution in [3.8, 4) is 11.1 Å². The number of anilines is 1. The minimum Gasteiger partial charge on any atom is -0.478 e. The summed E-state index contributed by atoms with van der Waals surface area (Å²) in [5.41, 5.74) is 4.29. The highest BCUT2D eigenvalue weighted by atomic mass is 35.5. The lowest BCUT2D eigenvalue weighted by Crippen LogP contribution is -2.35. The van der Waals surface area contributed by atoms with Gasteiger partial charge in [-0.2, -0.15) is 0 Å². The molecular weight excluding hydrogens is 472 g/mol. The molecule has 0 heterocycles. The molecule has 4 rings (SSSR count). The van der Waals surface area contributed by atoms with Crippen LogP contribution in [0.5, 0.6) is 0 Å². The van der Waals surface area contributed by atoms with Gasteiger partial charge in [0.15, 0.2) is 0 Å². The average molecular weight is 495 g/mol. The van der Waals surface area contributed by atoms with E-state index in [-0.39, 0.29) is 41.8 Å². The normalized spacial score (nSPS) is 12.9. The number of aliphatic hydroxyl groups is 1. The number of ether oxygens (including phenoxy) is 1. The summed E-state index contributed by atoms with van der Waals surface area (Å²) in [5.74, 6) is -1.96. The summed E-state index contributed by atoms with van der Waals surface area (Å²) in [6, 6.07) is 20.0. The molecule has 1 atom stereocenters. The van der Waals surface area contributed by atoms with E-state index in [1.165, 1.54) is 18.2 Å². The number of halogens is 1. The van der Waals surface area contributed by atoms with Gasteiger partial charge in [0.1, 0.15) is 6.61 Å². The Kier molecular flexibility index (Phi) is 7.33. The Morgan fingerprint density at radius 1 is 0.971 bits per heavy atom. The van der Waals surface area contributed by atoms with Gasteiger partial charge in [0.2, 0.25) is 5.91 Å². The number of carboxylic acid groups (broad SMARTS) is 1. The fraction of sp³-hybridized carbons (Fsp3) is 0.192. The summed E-state index contributed by atoms with van der Waals surface area (Å²) in [6.07, 6.45) is -2.26. The average Bonchev–Trinajstić information content (AvgIpc) is 3.16. The molecule has 3 aromatic rings. The standard InChI is InChI=1S/C26H23ClN2O6/c27-15-9-10-23(21(11-15)25(32)33)29-24(31)12-16(30)13-28-26(34)35-14-22-19-7-3-1-5-17(19)18-6-2-4-8-20(18)22/h1-11,16,22,30H,12-14H2,(H,28,34)(H,29,31)(H,32,33). The largest absolute Gasteiger partial charge is 0.478 e. The summed E-state index contributed by atoms with van der Waals surface area (Å²) in [5, 5.41) is 24.5. The van der Waals surface area contributed by atoms with Crippen LogP contribution in [-0.4, -0.2) is 47.4 Å². The van der Waals surface area contributed by atoms with Gasteiger partial charge in [-0.15, -0.1) is 0 Å². The number of aromatic carboxylic acids is 1. The molecule has 3 aromatic carbocycles. The number of hydrogen-bond donors (Lipinski definition) is 4. The van der Waals surface area contributed by atoms with Crippen LogP contribution in [0.15, 0.2) is 66.7 Å². The third-order valence-electron chi connectivity index (χ3n) is 5.73. The number of rotatable bonds is 8. The van der Waals surface area contributed by atoms with Crippen molar-refractivity contribution < 1.29 is 29.3 Å². The van der Waals surface area contributed by atoms with Crippen molar-refractivity contribution in [3.63, 3.8) is 0 Å². The van der Waals surface area contributed by atoms with Gasteiger partial charge in [0.25, 0.3) is 0 Å². The molecule has 0 saturated carbocycles. The maximum Gasteiger partial charge on any atom is 0.407 e. The Morgan fingerprint density at radius 2 is 1.60 bits per heavy atom. The molecule has 8 nitrogen and oxygen atoms in total. The van der Waals surface area contributed by atoms with E-state index < -0.39 is 24.1 Å². The molecule has 0 aliphatic heterocycles. The quantitative estimate of drug-likeness (QED) is 0.370. The number of nitrogens with one attached hydrogen (secondary N) is 2. The molecule has 0 saturated heterocycles. The molecular formula is C26H23ClN2O6. The first-order valence-corrected chi connectivity index (χ1v) is 11.3. The zero-order valence-electron chi connectivity index (χ0n) is 18.5. The van der Waals surface area contributed by atoms with E-state index in [0.717, 1.165) is 22.3 Å². The van der Waals surface area contributed by atoms with Gasteiger partial charge in [0.05, 0.1) is 23.8 Å². The summed E-state index contributed by atoms with van der Waals surface area (Å²) in [4.78, 5) is 35.8. The third kappa shape index (κ3) is 5.62. The van der Waals surface area contributed by atoms with E-state index >= 15 is 0 Å². The van der Waals surface area contributed by atoms with Gasteiger partial charge in [-0.25, -0.2) is 9.59 Å². The molecule has 1 aliphatic carbocycles. The SMILES string of the molecule is O=C(CC(O)CNC(=O)OCC1c2ccccc2-c2ccccc21)Nc1ccc(Cl)cc1C(=O)O. The summed E-state index contributed by atoms with van der Waals surface area (Å²) in [7, 11) is 0. The van der Waals surface area contributed by atoms with Crippen LogP contribution in [-0.2, 0) is 9.53 Å². The summed E-state index contributed by atoms with van der Waals surface area (Å²) >= 11 is 5.80. The van der Waals surface area contributed by atoms with E-state index in [1.807, 2.05) is 48.5 Å². The number of carboxylic acids is 1. The second kappa shape index (κ2) is 10.6.